The van der Waals surface area contributed by atoms with Gasteiger partial charge in [-0.3, -0.25) is 0 Å². The Kier molecular flexibility index (Phi) is 5.80. The second kappa shape index (κ2) is 7.82. The number of carbonyl (C=O) groups is 1. The fraction of sp³-hybridized carbons (Fsp3) is 0.286. The summed E-state index contributed by atoms with van der Waals surface area (Å²) in [5, 5.41) is 5.91. The van der Waals surface area contributed by atoms with E-state index >= 15 is 0 Å². The lowest BCUT2D eigenvalue weighted by molar-refractivity contribution is 0.242. The molecule has 0 aliphatic heterocycles. The molecule has 0 spiro atoms. The van der Waals surface area contributed by atoms with Crippen molar-refractivity contribution in [3.63, 3.8) is 0 Å². The van der Waals surface area contributed by atoms with Crippen LogP contribution in [-0.2, 0) is 0 Å². The first-order valence-corrected chi connectivity index (χ1v) is 8.22. The van der Waals surface area contributed by atoms with Gasteiger partial charge in [0.05, 0.1) is 6.04 Å². The number of hydrogen-bond donors (Lipinski definition) is 2. The van der Waals surface area contributed by atoms with Gasteiger partial charge in [-0.2, -0.15) is 0 Å². The summed E-state index contributed by atoms with van der Waals surface area (Å²) in [6, 6.07) is 19.6. The summed E-state index contributed by atoms with van der Waals surface area (Å²) in [7, 11) is 0. The van der Waals surface area contributed by atoms with Crippen LogP contribution in [0.3, 0.4) is 0 Å². The number of hydrogen-bond acceptors (Lipinski definition) is 1. The van der Waals surface area contributed by atoms with E-state index in [1.54, 1.807) is 6.20 Å². The minimum Gasteiger partial charge on any atom is -0.327 e. The first kappa shape index (κ1) is 17.8. The smallest absolute Gasteiger partial charge is 0.319 e. The van der Waals surface area contributed by atoms with Crippen LogP contribution in [0.15, 0.2) is 72.4 Å². The maximum atomic E-state index is 12.4. The van der Waals surface area contributed by atoms with E-state index in [2.05, 4.69) is 31.4 Å². The van der Waals surface area contributed by atoms with Gasteiger partial charge in [-0.25, -0.2) is 4.79 Å². The molecular weight excluding hydrogens is 296 g/mol. The monoisotopic (exact) mass is 322 g/mol. The Balaban J connectivity index is 2.16. The lowest BCUT2D eigenvalue weighted by Crippen LogP contribution is -2.36. The highest BCUT2D eigenvalue weighted by molar-refractivity contribution is 5.76. The topological polar surface area (TPSA) is 41.1 Å². The van der Waals surface area contributed by atoms with Gasteiger partial charge >= 0.3 is 6.03 Å². The summed E-state index contributed by atoms with van der Waals surface area (Å²) in [6.45, 7) is 8.38. The lowest BCUT2D eigenvalue weighted by atomic mass is 9.88. The summed E-state index contributed by atoms with van der Waals surface area (Å²) >= 11 is 0. The van der Waals surface area contributed by atoms with Gasteiger partial charge in [-0.15, -0.1) is 0 Å². The average molecular weight is 322 g/mol. The SMILES string of the molecule is C/C(=C\NC(=O)NC(c1ccccc1)c1ccccc1)C(C)(C)C. The molecule has 3 heteroatoms. The summed E-state index contributed by atoms with van der Waals surface area (Å²) < 4.78 is 0. The molecular formula is C21H26N2O. The van der Waals surface area contributed by atoms with Crippen LogP contribution in [0, 0.1) is 5.41 Å². The van der Waals surface area contributed by atoms with Crippen LogP contribution in [0.5, 0.6) is 0 Å². The highest BCUT2D eigenvalue weighted by Gasteiger charge is 2.17. The summed E-state index contributed by atoms with van der Waals surface area (Å²) in [5.41, 5.74) is 3.25. The quantitative estimate of drug-likeness (QED) is 0.815. The van der Waals surface area contributed by atoms with Crippen molar-refractivity contribution in [2.75, 3.05) is 0 Å². The molecule has 0 aliphatic rings. The number of carbonyl (C=O) groups excluding carboxylic acids is 1. The molecule has 0 fully saturated rings. The van der Waals surface area contributed by atoms with E-state index in [0.29, 0.717) is 0 Å². The predicted octanol–water partition coefficient (Wildman–Crippen LogP) is 5.03. The zero-order valence-corrected chi connectivity index (χ0v) is 14.8. The molecule has 2 aromatic rings. The Morgan fingerprint density at radius 1 is 0.917 bits per heavy atom. The van der Waals surface area contributed by atoms with E-state index in [0.717, 1.165) is 16.7 Å². The fourth-order valence-electron chi connectivity index (χ4n) is 2.21. The normalized spacial score (nSPS) is 12.1. The van der Waals surface area contributed by atoms with E-state index in [1.807, 2.05) is 67.6 Å². The van der Waals surface area contributed by atoms with Gasteiger partial charge < -0.3 is 10.6 Å². The van der Waals surface area contributed by atoms with Crippen molar-refractivity contribution >= 4 is 6.03 Å². The van der Waals surface area contributed by atoms with Crippen molar-refractivity contribution in [3.8, 4) is 0 Å². The van der Waals surface area contributed by atoms with Crippen LogP contribution in [0.2, 0.25) is 0 Å². The Bertz CT molecular complexity index is 645. The third-order valence-electron chi connectivity index (χ3n) is 4.14. The molecule has 2 N–H and O–H groups in total. The van der Waals surface area contributed by atoms with Crippen LogP contribution >= 0.6 is 0 Å². The van der Waals surface area contributed by atoms with Crippen LogP contribution in [-0.4, -0.2) is 6.03 Å². The van der Waals surface area contributed by atoms with Gasteiger partial charge in [0.15, 0.2) is 0 Å². The summed E-state index contributed by atoms with van der Waals surface area (Å²) in [5.74, 6) is 0. The molecule has 0 heterocycles. The first-order chi connectivity index (χ1) is 11.4. The summed E-state index contributed by atoms with van der Waals surface area (Å²) in [4.78, 5) is 12.4. The van der Waals surface area contributed by atoms with Crippen LogP contribution < -0.4 is 10.6 Å². The molecule has 0 radical (unpaired) electrons. The largest absolute Gasteiger partial charge is 0.327 e. The first-order valence-electron chi connectivity index (χ1n) is 8.22. The van der Waals surface area contributed by atoms with Gasteiger partial charge in [-0.05, 0) is 23.5 Å². The number of benzene rings is 2. The van der Waals surface area contributed by atoms with Crippen molar-refractivity contribution in [2.45, 2.75) is 33.7 Å². The molecule has 0 unspecified atom stereocenters. The second-order valence-electron chi connectivity index (χ2n) is 6.95. The predicted molar refractivity (Wildman–Crippen MR) is 99.6 cm³/mol. The Labute approximate surface area is 144 Å². The molecule has 2 amide bonds. The minimum atomic E-state index is -0.212. The molecule has 24 heavy (non-hydrogen) atoms. The van der Waals surface area contributed by atoms with Crippen molar-refractivity contribution in [2.24, 2.45) is 5.41 Å². The van der Waals surface area contributed by atoms with E-state index in [-0.39, 0.29) is 17.5 Å². The average Bonchev–Trinajstić information content (AvgIpc) is 2.58. The van der Waals surface area contributed by atoms with Crippen molar-refractivity contribution in [1.82, 2.24) is 10.6 Å². The molecule has 3 nitrogen and oxygen atoms in total. The zero-order valence-electron chi connectivity index (χ0n) is 14.8. The number of allylic oxidation sites excluding steroid dienone is 1. The molecule has 0 saturated heterocycles. The van der Waals surface area contributed by atoms with Crippen molar-refractivity contribution in [1.29, 1.82) is 0 Å². The summed E-state index contributed by atoms with van der Waals surface area (Å²) in [6.07, 6.45) is 1.78. The molecule has 126 valence electrons. The van der Waals surface area contributed by atoms with Gasteiger partial charge in [-0.1, -0.05) is 87.0 Å². The van der Waals surface area contributed by atoms with E-state index < -0.39 is 0 Å². The molecule has 0 saturated carbocycles. The maximum Gasteiger partial charge on any atom is 0.319 e. The number of urea groups is 1. The van der Waals surface area contributed by atoms with E-state index in [4.69, 9.17) is 0 Å². The van der Waals surface area contributed by atoms with E-state index in [9.17, 15) is 4.79 Å². The standard InChI is InChI=1S/C21H26N2O/c1-16(21(2,3)4)15-22-20(24)23-19(17-11-7-5-8-12-17)18-13-9-6-10-14-18/h5-15,19H,1-4H3,(H2,22,23,24)/b16-15+. The molecule has 2 rings (SSSR count). The Morgan fingerprint density at radius 3 is 1.79 bits per heavy atom. The van der Waals surface area contributed by atoms with E-state index in [1.165, 1.54) is 0 Å². The van der Waals surface area contributed by atoms with Crippen molar-refractivity contribution in [3.05, 3.63) is 83.6 Å². The maximum absolute atomic E-state index is 12.4. The van der Waals surface area contributed by atoms with Gasteiger partial charge in [0.25, 0.3) is 0 Å². The molecule has 0 atom stereocenters. The Morgan fingerprint density at radius 2 is 1.38 bits per heavy atom. The highest BCUT2D eigenvalue weighted by Crippen LogP contribution is 2.24. The molecule has 2 aromatic carbocycles. The molecule has 0 bridgehead atoms. The third kappa shape index (κ3) is 4.98. The molecule has 0 aliphatic carbocycles. The van der Waals surface area contributed by atoms with Gasteiger partial charge in [0.2, 0.25) is 0 Å². The Hall–Kier alpha value is -2.55. The second-order valence-corrected chi connectivity index (χ2v) is 6.95. The zero-order chi connectivity index (χ0) is 17.6. The van der Waals surface area contributed by atoms with Crippen LogP contribution in [0.4, 0.5) is 4.79 Å². The van der Waals surface area contributed by atoms with Crippen LogP contribution in [0.25, 0.3) is 0 Å². The van der Waals surface area contributed by atoms with Crippen LogP contribution in [0.1, 0.15) is 44.9 Å². The van der Waals surface area contributed by atoms with Crippen molar-refractivity contribution < 1.29 is 4.79 Å². The van der Waals surface area contributed by atoms with Gasteiger partial charge in [0.1, 0.15) is 0 Å². The van der Waals surface area contributed by atoms with Gasteiger partial charge in [0, 0.05) is 6.20 Å². The minimum absolute atomic E-state index is 0.0333. The number of nitrogens with one attached hydrogen (secondary N) is 2. The number of amides is 2. The highest BCUT2D eigenvalue weighted by atomic mass is 16.2. The molecule has 0 aromatic heterocycles. The third-order valence-corrected chi connectivity index (χ3v) is 4.14. The lowest BCUT2D eigenvalue weighted by Gasteiger charge is -2.21. The number of rotatable bonds is 4. The fourth-order valence-corrected chi connectivity index (χ4v) is 2.21.